The Bertz CT molecular complexity index is 572. The molecule has 0 heterocycles. The smallest absolute Gasteiger partial charge is 0.332 e. The molecule has 0 unspecified atom stereocenters. The van der Waals surface area contributed by atoms with Crippen molar-refractivity contribution in [3.63, 3.8) is 0 Å². The molecule has 0 bridgehead atoms. The molecule has 1 aromatic rings. The van der Waals surface area contributed by atoms with E-state index in [1.807, 2.05) is 0 Å². The summed E-state index contributed by atoms with van der Waals surface area (Å²) in [7, 11) is 2.59. The zero-order chi connectivity index (χ0) is 16.0. The van der Waals surface area contributed by atoms with E-state index in [1.165, 1.54) is 14.2 Å². The van der Waals surface area contributed by atoms with Gasteiger partial charge in [0.2, 0.25) is 0 Å². The first-order valence-electron chi connectivity index (χ1n) is 5.45. The Balaban J connectivity index is 3.11. The minimum Gasteiger partial charge on any atom is -0.493 e. The Hall–Kier alpha value is -2.88. The van der Waals surface area contributed by atoms with Crippen LogP contribution in [0.5, 0.6) is 11.5 Å². The van der Waals surface area contributed by atoms with Gasteiger partial charge < -0.3 is 14.6 Å². The molecule has 0 saturated heterocycles. The summed E-state index contributed by atoms with van der Waals surface area (Å²) in [5.41, 5.74) is 0.898. The number of methoxy groups -OCH3 is 2. The quantitative estimate of drug-likeness (QED) is 0.543. The molecule has 0 aliphatic rings. The summed E-state index contributed by atoms with van der Waals surface area (Å²) in [5, 5.41) is 19.3. The highest BCUT2D eigenvalue weighted by Crippen LogP contribution is 2.34. The molecule has 0 aromatic heterocycles. The first-order chi connectivity index (χ1) is 9.90. The van der Waals surface area contributed by atoms with Crippen LogP contribution in [0.2, 0.25) is 0 Å². The van der Waals surface area contributed by atoms with Gasteiger partial charge in [-0.1, -0.05) is 0 Å². The molecular formula is C11H12N2O8. The van der Waals surface area contributed by atoms with E-state index in [0.29, 0.717) is 0 Å². The number of nitro groups is 1. The van der Waals surface area contributed by atoms with Gasteiger partial charge in [0.25, 0.3) is 11.6 Å². The van der Waals surface area contributed by atoms with Gasteiger partial charge in [-0.15, -0.1) is 0 Å². The second kappa shape index (κ2) is 7.05. The normalized spacial score (nSPS) is 9.81. The molecule has 0 saturated carbocycles. The van der Waals surface area contributed by atoms with Gasteiger partial charge >= 0.3 is 5.97 Å². The van der Waals surface area contributed by atoms with Crippen LogP contribution >= 0.6 is 0 Å². The van der Waals surface area contributed by atoms with Gasteiger partial charge in [-0.25, -0.2) is 10.3 Å². The molecule has 0 spiro atoms. The minimum absolute atomic E-state index is 0.0761. The number of hydrogen-bond donors (Lipinski definition) is 2. The number of ether oxygens (including phenoxy) is 2. The van der Waals surface area contributed by atoms with E-state index in [4.69, 9.17) is 14.6 Å². The maximum Gasteiger partial charge on any atom is 0.332 e. The van der Waals surface area contributed by atoms with Gasteiger partial charge in [0.05, 0.1) is 25.2 Å². The predicted molar refractivity (Wildman–Crippen MR) is 67.3 cm³/mol. The van der Waals surface area contributed by atoms with Crippen molar-refractivity contribution in [3.05, 3.63) is 27.8 Å². The molecule has 1 aromatic carbocycles. The van der Waals surface area contributed by atoms with Crippen molar-refractivity contribution in [1.82, 2.24) is 5.48 Å². The number of carbonyl (C=O) groups excluding carboxylic acids is 1. The number of nitrogens with zero attached hydrogens (tertiary/aromatic N) is 1. The van der Waals surface area contributed by atoms with Crippen LogP contribution in [-0.4, -0.2) is 42.7 Å². The summed E-state index contributed by atoms with van der Waals surface area (Å²) in [5.74, 6) is -2.11. The molecule has 2 N–H and O–H groups in total. The Morgan fingerprint density at radius 1 is 1.29 bits per heavy atom. The van der Waals surface area contributed by atoms with Crippen LogP contribution in [0.15, 0.2) is 12.1 Å². The highest BCUT2D eigenvalue weighted by Gasteiger charge is 2.24. The van der Waals surface area contributed by atoms with Crippen molar-refractivity contribution < 1.29 is 33.9 Å². The van der Waals surface area contributed by atoms with Gasteiger partial charge in [-0.05, 0) is 0 Å². The van der Waals surface area contributed by atoms with Gasteiger partial charge in [0, 0.05) is 6.07 Å². The largest absolute Gasteiger partial charge is 0.493 e. The summed E-state index contributed by atoms with van der Waals surface area (Å²) in [4.78, 5) is 36.6. The SMILES string of the molecule is COc1cc(C(=O)NOCC(=O)O)c([N+](=O)[O-])cc1OC. The zero-order valence-corrected chi connectivity index (χ0v) is 11.1. The lowest BCUT2D eigenvalue weighted by molar-refractivity contribution is -0.385. The van der Waals surface area contributed by atoms with Crippen molar-refractivity contribution >= 4 is 17.6 Å². The Kier molecular flexibility index (Phi) is 5.43. The highest BCUT2D eigenvalue weighted by atomic mass is 16.7. The molecule has 1 rings (SSSR count). The lowest BCUT2D eigenvalue weighted by Gasteiger charge is -2.10. The van der Waals surface area contributed by atoms with Gasteiger partial charge in [0.15, 0.2) is 18.1 Å². The van der Waals surface area contributed by atoms with Crippen LogP contribution in [0, 0.1) is 10.1 Å². The van der Waals surface area contributed by atoms with Crippen molar-refractivity contribution in [2.24, 2.45) is 0 Å². The van der Waals surface area contributed by atoms with E-state index in [2.05, 4.69) is 4.84 Å². The zero-order valence-electron chi connectivity index (χ0n) is 11.1. The number of amides is 1. The first-order valence-corrected chi connectivity index (χ1v) is 5.45. The number of aliphatic carboxylic acids is 1. The molecule has 0 fully saturated rings. The number of benzene rings is 1. The standard InChI is InChI=1S/C11H12N2O8/c1-19-8-3-6(11(16)12-21-5-10(14)15)7(13(17)18)4-9(8)20-2/h3-4H,5H2,1-2H3,(H,12,16)(H,14,15). The molecule has 0 aliphatic carbocycles. The molecule has 114 valence electrons. The lowest BCUT2D eigenvalue weighted by Crippen LogP contribution is -2.27. The van der Waals surface area contributed by atoms with Gasteiger partial charge in [-0.2, -0.15) is 0 Å². The van der Waals surface area contributed by atoms with Crippen molar-refractivity contribution in [1.29, 1.82) is 0 Å². The fourth-order valence-electron chi connectivity index (χ4n) is 1.42. The van der Waals surface area contributed by atoms with Crippen molar-refractivity contribution in [3.8, 4) is 11.5 Å². The second-order valence-corrected chi connectivity index (χ2v) is 3.60. The van der Waals surface area contributed by atoms with E-state index >= 15 is 0 Å². The number of carboxylic acid groups (broad SMARTS) is 1. The van der Waals surface area contributed by atoms with Crippen LogP contribution < -0.4 is 15.0 Å². The van der Waals surface area contributed by atoms with Crippen molar-refractivity contribution in [2.45, 2.75) is 0 Å². The fourth-order valence-corrected chi connectivity index (χ4v) is 1.42. The minimum atomic E-state index is -1.31. The van der Waals surface area contributed by atoms with Crippen LogP contribution in [0.4, 0.5) is 5.69 Å². The average Bonchev–Trinajstić information content (AvgIpc) is 2.44. The maximum absolute atomic E-state index is 11.8. The van der Waals surface area contributed by atoms with E-state index < -0.39 is 29.1 Å². The van der Waals surface area contributed by atoms with Gasteiger partial charge in [-0.3, -0.25) is 19.7 Å². The van der Waals surface area contributed by atoms with Crippen LogP contribution in [0.3, 0.4) is 0 Å². The Morgan fingerprint density at radius 3 is 2.33 bits per heavy atom. The molecule has 21 heavy (non-hydrogen) atoms. The number of nitrogens with one attached hydrogen (secondary N) is 1. The summed E-state index contributed by atoms with van der Waals surface area (Å²) in [6, 6.07) is 2.11. The first kappa shape index (κ1) is 16.2. The Labute approximate surface area is 118 Å². The van der Waals surface area contributed by atoms with E-state index in [0.717, 1.165) is 12.1 Å². The van der Waals surface area contributed by atoms with E-state index in [9.17, 15) is 19.7 Å². The van der Waals surface area contributed by atoms with Crippen LogP contribution in [0.25, 0.3) is 0 Å². The average molecular weight is 300 g/mol. The molecule has 0 aliphatic heterocycles. The number of nitro benzene ring substituents is 1. The fraction of sp³-hybridized carbons (Fsp3) is 0.273. The third kappa shape index (κ3) is 4.04. The summed E-state index contributed by atoms with van der Waals surface area (Å²) in [6.45, 7) is -0.785. The summed E-state index contributed by atoms with van der Waals surface area (Å²) < 4.78 is 9.85. The van der Waals surface area contributed by atoms with Crippen molar-refractivity contribution in [2.75, 3.05) is 20.8 Å². The maximum atomic E-state index is 11.8. The lowest BCUT2D eigenvalue weighted by atomic mass is 10.1. The van der Waals surface area contributed by atoms with Gasteiger partial charge in [0.1, 0.15) is 5.56 Å². The molecular weight excluding hydrogens is 288 g/mol. The molecule has 1 amide bonds. The molecule has 10 heteroatoms. The molecule has 10 nitrogen and oxygen atoms in total. The third-order valence-corrected chi connectivity index (χ3v) is 2.30. The number of rotatable bonds is 7. The van der Waals surface area contributed by atoms with Crippen LogP contribution in [-0.2, 0) is 9.63 Å². The topological polar surface area (TPSA) is 137 Å². The van der Waals surface area contributed by atoms with Crippen LogP contribution in [0.1, 0.15) is 10.4 Å². The van der Waals surface area contributed by atoms with E-state index in [1.54, 1.807) is 5.48 Å². The Morgan fingerprint density at radius 2 is 1.86 bits per heavy atom. The summed E-state index contributed by atoms with van der Waals surface area (Å²) in [6.07, 6.45) is 0. The molecule has 0 radical (unpaired) electrons. The number of carboxylic acids is 1. The number of hydrogen-bond acceptors (Lipinski definition) is 7. The predicted octanol–water partition coefficient (Wildman–Crippen LogP) is 0.358. The monoisotopic (exact) mass is 300 g/mol. The number of hydroxylamine groups is 1. The third-order valence-electron chi connectivity index (χ3n) is 2.30. The highest BCUT2D eigenvalue weighted by molar-refractivity contribution is 5.98. The molecule has 0 atom stereocenters. The summed E-state index contributed by atoms with van der Waals surface area (Å²) >= 11 is 0. The van der Waals surface area contributed by atoms with E-state index in [-0.39, 0.29) is 17.1 Å². The number of carbonyl (C=O) groups is 2. The second-order valence-electron chi connectivity index (χ2n) is 3.60.